The summed E-state index contributed by atoms with van der Waals surface area (Å²) in [6.07, 6.45) is -1.05. The van der Waals surface area contributed by atoms with Gasteiger partial charge in [-0.15, -0.1) is 0 Å². The maximum atomic E-state index is 11.5. The van der Waals surface area contributed by atoms with Gasteiger partial charge < -0.3 is 14.3 Å². The monoisotopic (exact) mass is 618 g/mol. The Morgan fingerprint density at radius 1 is 0.370 bits per heavy atom. The lowest BCUT2D eigenvalue weighted by Crippen LogP contribution is -2.28. The summed E-state index contributed by atoms with van der Waals surface area (Å²) in [5.74, 6) is 0. The van der Waals surface area contributed by atoms with Crippen molar-refractivity contribution in [3.05, 3.63) is 142 Å². The Balaban J connectivity index is 1.70. The first-order chi connectivity index (χ1) is 21.2. The Labute approximate surface area is 279 Å². The zero-order valence-corrected chi connectivity index (χ0v) is 30.2. The number of benzene rings is 4. The fraction of sp³-hybridized carbons (Fsp3) is 0.429. The van der Waals surface area contributed by atoms with Gasteiger partial charge in [0.25, 0.3) is 0 Å². The Kier molecular flexibility index (Phi) is 10.5. The van der Waals surface area contributed by atoms with Gasteiger partial charge in [-0.05, 0) is 66.2 Å². The van der Waals surface area contributed by atoms with E-state index in [9.17, 15) is 5.02 Å². The maximum Gasteiger partial charge on any atom is 0.638 e. The standard InChI is InChI=1S/C42H55BO3/c1-39(2,3)33-21-13-29(14-22-33)37(30-15-23-34(24-16-30)40(4,5)6)45-43(44)46-38(31-17-25-35(26-18-31)41(7,8)9)32-19-27-36(28-20-32)42(10,11)12/h13-28,37-38,44H,1-12H3. The van der Waals surface area contributed by atoms with Gasteiger partial charge in [-0.2, -0.15) is 0 Å². The molecule has 0 radical (unpaired) electrons. The summed E-state index contributed by atoms with van der Waals surface area (Å²) in [5.41, 5.74) is 8.93. The second-order valence-electron chi connectivity index (χ2n) is 16.8. The van der Waals surface area contributed by atoms with E-state index in [-0.39, 0.29) is 21.7 Å². The topological polar surface area (TPSA) is 38.7 Å². The zero-order chi connectivity index (χ0) is 34.1. The quantitative estimate of drug-likeness (QED) is 0.200. The molecule has 0 saturated heterocycles. The van der Waals surface area contributed by atoms with Crippen molar-refractivity contribution in [1.29, 1.82) is 0 Å². The average Bonchev–Trinajstić information content (AvgIpc) is 2.97. The maximum absolute atomic E-state index is 11.5. The van der Waals surface area contributed by atoms with Crippen LogP contribution in [-0.2, 0) is 31.0 Å². The molecule has 1 N–H and O–H groups in total. The van der Waals surface area contributed by atoms with E-state index in [1.165, 1.54) is 22.3 Å². The van der Waals surface area contributed by atoms with Crippen molar-refractivity contribution >= 4 is 7.32 Å². The lowest BCUT2D eigenvalue weighted by molar-refractivity contribution is 0.0798. The van der Waals surface area contributed by atoms with Crippen LogP contribution in [0.25, 0.3) is 0 Å². The number of hydrogen-bond acceptors (Lipinski definition) is 3. The molecule has 0 heterocycles. The van der Waals surface area contributed by atoms with Crippen LogP contribution in [0.5, 0.6) is 0 Å². The third-order valence-electron chi connectivity index (χ3n) is 8.82. The van der Waals surface area contributed by atoms with E-state index in [1.54, 1.807) is 0 Å². The molecule has 4 rings (SSSR count). The van der Waals surface area contributed by atoms with Crippen LogP contribution < -0.4 is 0 Å². The van der Waals surface area contributed by atoms with Gasteiger partial charge in [0, 0.05) is 0 Å². The Bertz CT molecular complexity index is 1310. The van der Waals surface area contributed by atoms with Crippen molar-refractivity contribution in [3.63, 3.8) is 0 Å². The summed E-state index contributed by atoms with van der Waals surface area (Å²) in [4.78, 5) is 0. The van der Waals surface area contributed by atoms with Gasteiger partial charge >= 0.3 is 7.32 Å². The van der Waals surface area contributed by atoms with Gasteiger partial charge in [0.15, 0.2) is 0 Å². The molecule has 0 aliphatic carbocycles. The molecule has 0 unspecified atom stereocenters. The van der Waals surface area contributed by atoms with Gasteiger partial charge in [-0.3, -0.25) is 0 Å². The predicted molar refractivity (Wildman–Crippen MR) is 194 cm³/mol. The third kappa shape index (κ3) is 9.00. The molecular weight excluding hydrogens is 563 g/mol. The number of rotatable bonds is 8. The lowest BCUT2D eigenvalue weighted by atomic mass is 9.84. The predicted octanol–water partition coefficient (Wildman–Crippen LogP) is 10.8. The molecule has 0 atom stereocenters. The Morgan fingerprint density at radius 3 is 0.696 bits per heavy atom. The van der Waals surface area contributed by atoms with E-state index in [1.807, 2.05) is 0 Å². The summed E-state index contributed by atoms with van der Waals surface area (Å²) >= 11 is 0. The van der Waals surface area contributed by atoms with Crippen LogP contribution >= 0.6 is 0 Å². The van der Waals surface area contributed by atoms with Crippen molar-refractivity contribution in [3.8, 4) is 0 Å². The van der Waals surface area contributed by atoms with Crippen molar-refractivity contribution < 1.29 is 14.3 Å². The van der Waals surface area contributed by atoms with Crippen LogP contribution in [0.1, 0.15) is 140 Å². The molecule has 3 nitrogen and oxygen atoms in total. The van der Waals surface area contributed by atoms with Gasteiger partial charge in [-0.1, -0.05) is 180 Å². The Hall–Kier alpha value is -3.18. The summed E-state index contributed by atoms with van der Waals surface area (Å²) in [6, 6.07) is 34.0. The second kappa shape index (κ2) is 13.5. The first kappa shape index (κ1) is 35.7. The molecule has 4 aromatic rings. The van der Waals surface area contributed by atoms with Gasteiger partial charge in [-0.25, -0.2) is 0 Å². The zero-order valence-electron chi connectivity index (χ0n) is 30.2. The van der Waals surface area contributed by atoms with Crippen LogP contribution in [0.4, 0.5) is 0 Å². The van der Waals surface area contributed by atoms with Crippen LogP contribution in [0, 0.1) is 0 Å². The molecule has 244 valence electrons. The van der Waals surface area contributed by atoms with Crippen LogP contribution in [-0.4, -0.2) is 12.3 Å². The average molecular weight is 619 g/mol. The van der Waals surface area contributed by atoms with E-state index in [2.05, 4.69) is 180 Å². The molecule has 0 fully saturated rings. The molecule has 4 aromatic carbocycles. The molecule has 0 aliphatic rings. The molecule has 4 heteroatoms. The summed E-state index contributed by atoms with van der Waals surface area (Å²) < 4.78 is 12.9. The molecule has 0 aliphatic heterocycles. The van der Waals surface area contributed by atoms with Crippen molar-refractivity contribution in [1.82, 2.24) is 0 Å². The van der Waals surface area contributed by atoms with Crippen molar-refractivity contribution in [2.24, 2.45) is 0 Å². The summed E-state index contributed by atoms with van der Waals surface area (Å²) in [7, 11) is -1.48. The minimum atomic E-state index is -1.48. The first-order valence-corrected chi connectivity index (χ1v) is 16.6. The molecule has 0 bridgehead atoms. The highest BCUT2D eigenvalue weighted by molar-refractivity contribution is 6.34. The highest BCUT2D eigenvalue weighted by Crippen LogP contribution is 2.35. The molecule has 0 amide bonds. The molecule has 0 aromatic heterocycles. The van der Waals surface area contributed by atoms with E-state index in [0.29, 0.717) is 0 Å². The Morgan fingerprint density at radius 2 is 0.543 bits per heavy atom. The minimum Gasteiger partial charge on any atom is -0.402 e. The molecule has 46 heavy (non-hydrogen) atoms. The van der Waals surface area contributed by atoms with Crippen molar-refractivity contribution in [2.75, 3.05) is 0 Å². The smallest absolute Gasteiger partial charge is 0.402 e. The van der Waals surface area contributed by atoms with E-state index in [4.69, 9.17) is 9.31 Å². The van der Waals surface area contributed by atoms with Gasteiger partial charge in [0.05, 0.1) is 12.2 Å². The first-order valence-electron chi connectivity index (χ1n) is 16.6. The summed E-state index contributed by atoms with van der Waals surface area (Å²) in [6.45, 7) is 26.5. The summed E-state index contributed by atoms with van der Waals surface area (Å²) in [5, 5.41) is 11.5. The van der Waals surface area contributed by atoms with Crippen LogP contribution in [0.3, 0.4) is 0 Å². The van der Waals surface area contributed by atoms with Gasteiger partial charge in [0.1, 0.15) is 0 Å². The molecule has 0 saturated carbocycles. The minimum absolute atomic E-state index is 0.0319. The fourth-order valence-electron chi connectivity index (χ4n) is 5.60. The SMILES string of the molecule is CC(C)(C)c1ccc(C(OB(O)OC(c2ccc(C(C)(C)C)cc2)c2ccc(C(C)(C)C)cc2)c2ccc(C(C)(C)C)cc2)cc1. The third-order valence-corrected chi connectivity index (χ3v) is 8.82. The molecule has 0 spiro atoms. The van der Waals surface area contributed by atoms with E-state index >= 15 is 0 Å². The number of hydrogen-bond donors (Lipinski definition) is 1. The lowest BCUT2D eigenvalue weighted by Gasteiger charge is -2.27. The molecular formula is C42H55BO3. The highest BCUT2D eigenvalue weighted by atomic mass is 16.7. The second-order valence-corrected chi connectivity index (χ2v) is 16.8. The van der Waals surface area contributed by atoms with Crippen LogP contribution in [0.2, 0.25) is 0 Å². The fourth-order valence-corrected chi connectivity index (χ4v) is 5.60. The highest BCUT2D eigenvalue weighted by Gasteiger charge is 2.31. The van der Waals surface area contributed by atoms with E-state index in [0.717, 1.165) is 22.3 Å². The van der Waals surface area contributed by atoms with Crippen LogP contribution in [0.15, 0.2) is 97.1 Å². The largest absolute Gasteiger partial charge is 0.638 e. The van der Waals surface area contributed by atoms with Gasteiger partial charge in [0.2, 0.25) is 0 Å². The van der Waals surface area contributed by atoms with E-state index < -0.39 is 19.5 Å². The normalized spacial score (nSPS) is 13.0. The van der Waals surface area contributed by atoms with Crippen molar-refractivity contribution in [2.45, 2.75) is 117 Å².